The number of likely N-dealkylation sites (tertiary alicyclic amines) is 1. The van der Waals surface area contributed by atoms with Crippen molar-refractivity contribution in [2.45, 2.75) is 18.9 Å². The third kappa shape index (κ3) is 2.40. The number of amides is 1. The van der Waals surface area contributed by atoms with Crippen LogP contribution in [0.4, 0.5) is 0 Å². The molecule has 1 fully saturated rings. The van der Waals surface area contributed by atoms with Crippen LogP contribution in [0.25, 0.3) is 5.69 Å². The normalized spacial score (nSPS) is 17.9. The van der Waals surface area contributed by atoms with Crippen LogP contribution in [0.1, 0.15) is 23.3 Å². The quantitative estimate of drug-likeness (QED) is 0.928. The molecule has 108 valence electrons. The first kappa shape index (κ1) is 13.4. The summed E-state index contributed by atoms with van der Waals surface area (Å²) in [6.45, 7) is 0.468. The predicted molar refractivity (Wildman–Crippen MR) is 75.3 cm³/mol. The minimum atomic E-state index is -0.952. The number of benzene rings is 1. The van der Waals surface area contributed by atoms with E-state index in [-0.39, 0.29) is 5.91 Å². The van der Waals surface area contributed by atoms with E-state index < -0.39 is 12.0 Å². The predicted octanol–water partition coefficient (Wildman–Crippen LogP) is 1.56. The number of aromatic nitrogens is 2. The van der Waals surface area contributed by atoms with Gasteiger partial charge in [-0.3, -0.25) is 9.36 Å². The van der Waals surface area contributed by atoms with Crippen LogP contribution in [0.5, 0.6) is 0 Å². The molecule has 0 radical (unpaired) electrons. The number of carbonyl (C=O) groups excluding carboxylic acids is 1. The van der Waals surface area contributed by atoms with Crippen molar-refractivity contribution in [1.29, 1.82) is 0 Å². The van der Waals surface area contributed by atoms with Crippen LogP contribution in [-0.2, 0) is 4.79 Å². The summed E-state index contributed by atoms with van der Waals surface area (Å²) in [6, 6.07) is 8.65. The molecule has 1 aliphatic rings. The largest absolute Gasteiger partial charge is 0.480 e. The van der Waals surface area contributed by atoms with Crippen LogP contribution in [0.2, 0.25) is 0 Å². The molecule has 1 aromatic carbocycles. The van der Waals surface area contributed by atoms with Crippen LogP contribution < -0.4 is 0 Å². The minimum Gasteiger partial charge on any atom is -0.480 e. The van der Waals surface area contributed by atoms with E-state index in [1.165, 1.54) is 11.1 Å². The maximum absolute atomic E-state index is 12.6. The fraction of sp³-hybridized carbons (Fsp3) is 0.267. The van der Waals surface area contributed by atoms with Gasteiger partial charge in [0, 0.05) is 12.2 Å². The summed E-state index contributed by atoms with van der Waals surface area (Å²) < 4.78 is 1.68. The number of nitrogens with zero attached hydrogens (tertiary/aromatic N) is 3. The Bertz CT molecular complexity index is 666. The second-order valence-electron chi connectivity index (χ2n) is 4.98. The summed E-state index contributed by atoms with van der Waals surface area (Å²) in [5.74, 6) is -1.24. The fourth-order valence-corrected chi connectivity index (χ4v) is 2.66. The van der Waals surface area contributed by atoms with Crippen LogP contribution in [0.3, 0.4) is 0 Å². The van der Waals surface area contributed by atoms with Gasteiger partial charge in [-0.2, -0.15) is 0 Å². The standard InChI is InChI=1S/C15H15N3O3/c19-14(17-8-4-7-12(17)15(20)21)13-9-16-10-18(13)11-5-2-1-3-6-11/h1-3,5-6,9-10,12H,4,7-8H2,(H,20,21)/t12-/m0/s1. The molecule has 0 unspecified atom stereocenters. The number of hydrogen-bond acceptors (Lipinski definition) is 3. The molecule has 1 saturated heterocycles. The van der Waals surface area contributed by atoms with Crippen molar-refractivity contribution in [3.05, 3.63) is 48.5 Å². The molecule has 6 heteroatoms. The van der Waals surface area contributed by atoms with Gasteiger partial charge >= 0.3 is 5.97 Å². The summed E-state index contributed by atoms with van der Waals surface area (Å²) >= 11 is 0. The molecule has 0 spiro atoms. The average molecular weight is 285 g/mol. The van der Waals surface area contributed by atoms with E-state index >= 15 is 0 Å². The van der Waals surface area contributed by atoms with Gasteiger partial charge in [-0.1, -0.05) is 18.2 Å². The number of carboxylic acid groups (broad SMARTS) is 1. The SMILES string of the molecule is O=C(O)[C@@H]1CCCN1C(=O)c1cncn1-c1ccccc1. The van der Waals surface area contributed by atoms with Crippen molar-refractivity contribution < 1.29 is 14.7 Å². The number of carboxylic acids is 1. The Morgan fingerprint density at radius 3 is 2.71 bits per heavy atom. The number of rotatable bonds is 3. The smallest absolute Gasteiger partial charge is 0.326 e. The highest BCUT2D eigenvalue weighted by Gasteiger charge is 2.35. The van der Waals surface area contributed by atoms with Gasteiger partial charge in [-0.15, -0.1) is 0 Å². The third-order valence-electron chi connectivity index (χ3n) is 3.69. The molecule has 6 nitrogen and oxygen atoms in total. The molecule has 0 saturated carbocycles. The maximum atomic E-state index is 12.6. The number of aliphatic carboxylic acids is 1. The van der Waals surface area contributed by atoms with Gasteiger partial charge in [0.25, 0.3) is 5.91 Å². The Kier molecular flexibility index (Phi) is 3.43. The summed E-state index contributed by atoms with van der Waals surface area (Å²) in [7, 11) is 0. The van der Waals surface area contributed by atoms with Crippen molar-refractivity contribution >= 4 is 11.9 Å². The van der Waals surface area contributed by atoms with E-state index in [0.717, 1.165) is 5.69 Å². The van der Waals surface area contributed by atoms with Gasteiger partial charge in [0.05, 0.1) is 12.5 Å². The van der Waals surface area contributed by atoms with Crippen molar-refractivity contribution in [2.75, 3.05) is 6.54 Å². The van der Waals surface area contributed by atoms with Gasteiger partial charge in [-0.25, -0.2) is 9.78 Å². The number of hydrogen-bond donors (Lipinski definition) is 1. The monoisotopic (exact) mass is 285 g/mol. The van der Waals surface area contributed by atoms with E-state index in [0.29, 0.717) is 25.1 Å². The Labute approximate surface area is 121 Å². The highest BCUT2D eigenvalue weighted by atomic mass is 16.4. The molecule has 1 N–H and O–H groups in total. The Morgan fingerprint density at radius 1 is 1.24 bits per heavy atom. The molecule has 0 aliphatic carbocycles. The average Bonchev–Trinajstić information content (AvgIpc) is 3.16. The number of imidazole rings is 1. The van der Waals surface area contributed by atoms with Gasteiger partial charge < -0.3 is 10.0 Å². The molecule has 21 heavy (non-hydrogen) atoms. The van der Waals surface area contributed by atoms with E-state index in [9.17, 15) is 14.7 Å². The molecule has 2 aromatic rings. The first-order valence-electron chi connectivity index (χ1n) is 6.80. The summed E-state index contributed by atoms with van der Waals surface area (Å²) in [6.07, 6.45) is 4.25. The Morgan fingerprint density at radius 2 is 2.00 bits per heavy atom. The molecule has 1 aliphatic heterocycles. The maximum Gasteiger partial charge on any atom is 0.326 e. The minimum absolute atomic E-state index is 0.291. The van der Waals surface area contributed by atoms with E-state index in [4.69, 9.17) is 0 Å². The lowest BCUT2D eigenvalue weighted by molar-refractivity contribution is -0.141. The Balaban J connectivity index is 1.93. The van der Waals surface area contributed by atoms with Crippen LogP contribution in [0, 0.1) is 0 Å². The van der Waals surface area contributed by atoms with Crippen molar-refractivity contribution in [2.24, 2.45) is 0 Å². The van der Waals surface area contributed by atoms with Gasteiger partial charge in [0.1, 0.15) is 11.7 Å². The van der Waals surface area contributed by atoms with Crippen molar-refractivity contribution in [3.63, 3.8) is 0 Å². The zero-order valence-electron chi connectivity index (χ0n) is 11.3. The highest BCUT2D eigenvalue weighted by molar-refractivity contribution is 5.96. The molecule has 1 aromatic heterocycles. The molecule has 1 amide bonds. The van der Waals surface area contributed by atoms with Crippen LogP contribution >= 0.6 is 0 Å². The second-order valence-corrected chi connectivity index (χ2v) is 4.98. The lowest BCUT2D eigenvalue weighted by atomic mass is 10.2. The number of para-hydroxylation sites is 1. The van der Waals surface area contributed by atoms with Gasteiger partial charge in [0.2, 0.25) is 0 Å². The Hall–Kier alpha value is -2.63. The van der Waals surface area contributed by atoms with Crippen LogP contribution in [0.15, 0.2) is 42.9 Å². The van der Waals surface area contributed by atoms with Gasteiger partial charge in [-0.05, 0) is 25.0 Å². The molecule has 0 bridgehead atoms. The second kappa shape index (κ2) is 5.40. The third-order valence-corrected chi connectivity index (χ3v) is 3.69. The molecule has 2 heterocycles. The van der Waals surface area contributed by atoms with Crippen molar-refractivity contribution in [3.8, 4) is 5.69 Å². The molecule has 1 atom stereocenters. The molecular formula is C15H15N3O3. The zero-order valence-corrected chi connectivity index (χ0v) is 11.3. The van der Waals surface area contributed by atoms with E-state index in [1.54, 1.807) is 10.9 Å². The number of carbonyl (C=O) groups is 2. The first-order valence-corrected chi connectivity index (χ1v) is 6.80. The van der Waals surface area contributed by atoms with Crippen LogP contribution in [-0.4, -0.2) is 44.0 Å². The summed E-state index contributed by atoms with van der Waals surface area (Å²) in [5.41, 5.74) is 1.21. The first-order chi connectivity index (χ1) is 10.2. The van der Waals surface area contributed by atoms with Crippen molar-refractivity contribution in [1.82, 2.24) is 14.5 Å². The molecular weight excluding hydrogens is 270 g/mol. The topological polar surface area (TPSA) is 75.4 Å². The lowest BCUT2D eigenvalue weighted by Crippen LogP contribution is -2.41. The van der Waals surface area contributed by atoms with Gasteiger partial charge in [0.15, 0.2) is 0 Å². The zero-order chi connectivity index (χ0) is 14.8. The highest BCUT2D eigenvalue weighted by Crippen LogP contribution is 2.21. The summed E-state index contributed by atoms with van der Waals surface area (Å²) in [4.78, 5) is 29.3. The summed E-state index contributed by atoms with van der Waals surface area (Å²) in [5, 5.41) is 9.20. The lowest BCUT2D eigenvalue weighted by Gasteiger charge is -2.21. The van der Waals surface area contributed by atoms with E-state index in [1.807, 2.05) is 30.3 Å². The fourth-order valence-electron chi connectivity index (χ4n) is 2.66. The van der Waals surface area contributed by atoms with E-state index in [2.05, 4.69) is 4.98 Å². The molecule has 3 rings (SSSR count).